The second kappa shape index (κ2) is 4.47. The molecule has 0 saturated heterocycles. The van der Waals surface area contributed by atoms with Gasteiger partial charge in [-0.2, -0.15) is 0 Å². The Morgan fingerprint density at radius 3 is 2.60 bits per heavy atom. The van der Waals surface area contributed by atoms with Crippen LogP contribution in [0.15, 0.2) is 23.1 Å². The van der Waals surface area contributed by atoms with E-state index in [0.717, 1.165) is 0 Å². The lowest BCUT2D eigenvalue weighted by Crippen LogP contribution is -2.13. The number of primary sulfonamides is 1. The summed E-state index contributed by atoms with van der Waals surface area (Å²) in [7, 11) is -3.77. The lowest BCUT2D eigenvalue weighted by molar-refractivity contribution is 0.202. The van der Waals surface area contributed by atoms with E-state index in [1.807, 2.05) is 0 Å². The van der Waals surface area contributed by atoms with Crippen molar-refractivity contribution in [1.82, 2.24) is 0 Å². The summed E-state index contributed by atoms with van der Waals surface area (Å²) in [6.07, 6.45) is 0. The van der Waals surface area contributed by atoms with Gasteiger partial charge in [0.25, 0.3) is 0 Å². The maximum Gasteiger partial charge on any atom is 0.238 e. The number of aliphatic hydroxyl groups excluding tert-OH is 1. The van der Waals surface area contributed by atoms with Crippen LogP contribution in [-0.2, 0) is 10.0 Å². The molecule has 0 heterocycles. The van der Waals surface area contributed by atoms with Crippen LogP contribution in [-0.4, -0.2) is 26.7 Å². The molecule has 5 N–H and O–H groups in total. The Morgan fingerprint density at radius 2 is 2.07 bits per heavy atom. The lowest BCUT2D eigenvalue weighted by Gasteiger charge is -2.08. The molecule has 0 unspecified atom stereocenters. The Morgan fingerprint density at radius 1 is 1.40 bits per heavy atom. The zero-order valence-electron chi connectivity index (χ0n) is 7.88. The number of anilines is 1. The maximum atomic E-state index is 11.0. The van der Waals surface area contributed by atoms with Crippen LogP contribution in [0.1, 0.15) is 0 Å². The van der Waals surface area contributed by atoms with Gasteiger partial charge in [-0.15, -0.1) is 0 Å². The average Bonchev–Trinajstić information content (AvgIpc) is 2.15. The van der Waals surface area contributed by atoms with Crippen LogP contribution >= 0.6 is 0 Å². The van der Waals surface area contributed by atoms with Crippen LogP contribution in [0, 0.1) is 0 Å². The molecule has 6 nitrogen and oxygen atoms in total. The fraction of sp³-hybridized carbons (Fsp3) is 0.250. The smallest absolute Gasteiger partial charge is 0.238 e. The summed E-state index contributed by atoms with van der Waals surface area (Å²) in [5, 5.41) is 13.5. The Balaban J connectivity index is 3.06. The highest BCUT2D eigenvalue weighted by molar-refractivity contribution is 7.89. The second-order valence-electron chi connectivity index (χ2n) is 2.82. The third kappa shape index (κ3) is 3.08. The summed E-state index contributed by atoms with van der Waals surface area (Å²) < 4.78 is 27.0. The minimum atomic E-state index is -3.77. The maximum absolute atomic E-state index is 11.0. The topological polar surface area (TPSA) is 116 Å². The molecule has 0 aliphatic heterocycles. The fourth-order valence-electron chi connectivity index (χ4n) is 0.972. The van der Waals surface area contributed by atoms with Gasteiger partial charge in [0, 0.05) is 6.07 Å². The molecular weight excluding hydrogens is 220 g/mol. The molecule has 7 heteroatoms. The van der Waals surface area contributed by atoms with Gasteiger partial charge in [0.1, 0.15) is 12.4 Å². The molecular formula is C8H12N2O4S. The monoisotopic (exact) mass is 232 g/mol. The van der Waals surface area contributed by atoms with Crippen LogP contribution < -0.4 is 15.6 Å². The van der Waals surface area contributed by atoms with E-state index in [9.17, 15) is 8.42 Å². The summed E-state index contributed by atoms with van der Waals surface area (Å²) in [5.74, 6) is 0.190. The number of nitrogen functional groups attached to an aromatic ring is 1. The predicted octanol–water partition coefficient (Wildman–Crippen LogP) is -0.713. The number of ether oxygens (including phenoxy) is 1. The van der Waals surface area contributed by atoms with E-state index in [1.54, 1.807) is 0 Å². The summed E-state index contributed by atoms with van der Waals surface area (Å²) in [4.78, 5) is -0.0790. The number of sulfonamides is 1. The van der Waals surface area contributed by atoms with Crippen LogP contribution in [0.3, 0.4) is 0 Å². The van der Waals surface area contributed by atoms with Crippen LogP contribution in [0.5, 0.6) is 5.75 Å². The first-order valence-electron chi connectivity index (χ1n) is 4.11. The highest BCUT2D eigenvalue weighted by atomic mass is 32.2. The van der Waals surface area contributed by atoms with Crippen molar-refractivity contribution >= 4 is 15.7 Å². The molecule has 0 aliphatic carbocycles. The molecule has 15 heavy (non-hydrogen) atoms. The number of benzene rings is 1. The van der Waals surface area contributed by atoms with Crippen molar-refractivity contribution in [3.8, 4) is 5.75 Å². The number of nitrogens with two attached hydrogens (primary N) is 2. The zero-order chi connectivity index (χ0) is 11.5. The van der Waals surface area contributed by atoms with Crippen LogP contribution in [0.25, 0.3) is 0 Å². The van der Waals surface area contributed by atoms with E-state index in [0.29, 0.717) is 0 Å². The van der Waals surface area contributed by atoms with E-state index in [2.05, 4.69) is 0 Å². The first-order valence-corrected chi connectivity index (χ1v) is 5.66. The first-order chi connectivity index (χ1) is 6.95. The molecule has 1 aromatic carbocycles. The molecule has 0 spiro atoms. The minimum Gasteiger partial charge on any atom is -0.489 e. The minimum absolute atomic E-state index is 0.0400. The molecule has 0 bridgehead atoms. The van der Waals surface area contributed by atoms with Crippen molar-refractivity contribution in [1.29, 1.82) is 0 Å². The summed E-state index contributed by atoms with van der Waals surface area (Å²) in [5.41, 5.74) is 5.82. The predicted molar refractivity (Wildman–Crippen MR) is 54.8 cm³/mol. The second-order valence-corrected chi connectivity index (χ2v) is 4.38. The van der Waals surface area contributed by atoms with Gasteiger partial charge < -0.3 is 15.6 Å². The van der Waals surface area contributed by atoms with Crippen molar-refractivity contribution in [2.24, 2.45) is 5.14 Å². The number of hydrogen-bond donors (Lipinski definition) is 3. The van der Waals surface area contributed by atoms with Gasteiger partial charge in [-0.25, -0.2) is 13.6 Å². The summed E-state index contributed by atoms with van der Waals surface area (Å²) in [6.45, 7) is -0.142. The average molecular weight is 232 g/mol. The van der Waals surface area contributed by atoms with E-state index >= 15 is 0 Å². The van der Waals surface area contributed by atoms with Gasteiger partial charge in [-0.1, -0.05) is 0 Å². The van der Waals surface area contributed by atoms with Crippen molar-refractivity contribution in [3.63, 3.8) is 0 Å². The molecule has 0 fully saturated rings. The molecule has 0 atom stereocenters. The number of rotatable bonds is 4. The highest BCUT2D eigenvalue weighted by Crippen LogP contribution is 2.24. The van der Waals surface area contributed by atoms with E-state index in [4.69, 9.17) is 20.7 Å². The highest BCUT2D eigenvalue weighted by Gasteiger charge is 2.10. The van der Waals surface area contributed by atoms with Gasteiger partial charge in [0.2, 0.25) is 10.0 Å². The third-order valence-electron chi connectivity index (χ3n) is 1.66. The lowest BCUT2D eigenvalue weighted by atomic mass is 10.3. The van der Waals surface area contributed by atoms with Crippen LogP contribution in [0.2, 0.25) is 0 Å². The number of hydrogen-bond acceptors (Lipinski definition) is 5. The van der Waals surface area contributed by atoms with Gasteiger partial charge in [0.15, 0.2) is 0 Å². The SMILES string of the molecule is Nc1ccc(S(N)(=O)=O)cc1OCCO. The summed E-state index contributed by atoms with van der Waals surface area (Å²) >= 11 is 0. The number of aliphatic hydroxyl groups is 1. The van der Waals surface area contributed by atoms with Gasteiger partial charge in [-0.05, 0) is 12.1 Å². The largest absolute Gasteiger partial charge is 0.489 e. The Kier molecular flexibility index (Phi) is 3.51. The standard InChI is InChI=1S/C8H12N2O4S/c9-7-2-1-6(15(10,12)13)5-8(7)14-4-3-11/h1-2,5,11H,3-4,9H2,(H2,10,12,13). The van der Waals surface area contributed by atoms with E-state index in [1.165, 1.54) is 18.2 Å². The van der Waals surface area contributed by atoms with Crippen molar-refractivity contribution in [3.05, 3.63) is 18.2 Å². The zero-order valence-corrected chi connectivity index (χ0v) is 8.70. The molecule has 1 rings (SSSR count). The summed E-state index contributed by atoms with van der Waals surface area (Å²) in [6, 6.07) is 3.89. The Labute approximate surface area is 87.5 Å². The van der Waals surface area contributed by atoms with Gasteiger partial charge in [0.05, 0.1) is 17.2 Å². The molecule has 0 amide bonds. The van der Waals surface area contributed by atoms with E-state index in [-0.39, 0.29) is 29.5 Å². The molecule has 84 valence electrons. The Hall–Kier alpha value is -1.31. The van der Waals surface area contributed by atoms with Gasteiger partial charge in [-0.3, -0.25) is 0 Å². The third-order valence-corrected chi connectivity index (χ3v) is 2.57. The molecule has 0 radical (unpaired) electrons. The van der Waals surface area contributed by atoms with Gasteiger partial charge >= 0.3 is 0 Å². The van der Waals surface area contributed by atoms with E-state index < -0.39 is 10.0 Å². The quantitative estimate of drug-likeness (QED) is 0.593. The molecule has 0 saturated carbocycles. The van der Waals surface area contributed by atoms with Crippen molar-refractivity contribution in [2.45, 2.75) is 4.90 Å². The molecule has 1 aromatic rings. The first kappa shape index (κ1) is 11.8. The van der Waals surface area contributed by atoms with Crippen molar-refractivity contribution in [2.75, 3.05) is 18.9 Å². The normalized spacial score (nSPS) is 11.3. The van der Waals surface area contributed by atoms with Crippen molar-refractivity contribution < 1.29 is 18.3 Å². The van der Waals surface area contributed by atoms with Crippen LogP contribution in [0.4, 0.5) is 5.69 Å². The Bertz CT molecular complexity index is 444. The molecule has 0 aliphatic rings. The fourth-order valence-corrected chi connectivity index (χ4v) is 1.50. The molecule has 0 aromatic heterocycles.